The van der Waals surface area contributed by atoms with E-state index in [0.717, 1.165) is 5.57 Å². The van der Waals surface area contributed by atoms with Crippen molar-refractivity contribution in [3.8, 4) is 0 Å². The van der Waals surface area contributed by atoms with E-state index in [1.165, 1.54) is 5.57 Å². The first-order valence-corrected chi connectivity index (χ1v) is 7.59. The van der Waals surface area contributed by atoms with E-state index in [-0.39, 0.29) is 12.5 Å². The third-order valence-corrected chi connectivity index (χ3v) is 3.64. The van der Waals surface area contributed by atoms with E-state index in [4.69, 9.17) is 14.6 Å². The molecule has 5 nitrogen and oxygen atoms in total. The minimum Gasteiger partial charge on any atom is -0.394 e. The molecule has 0 bridgehead atoms. The van der Waals surface area contributed by atoms with Crippen molar-refractivity contribution in [2.24, 2.45) is 5.92 Å². The first-order valence-electron chi connectivity index (χ1n) is 7.59. The summed E-state index contributed by atoms with van der Waals surface area (Å²) in [5.41, 5.74) is 2.28. The maximum Gasteiger partial charge on any atom is 0.163 e. The summed E-state index contributed by atoms with van der Waals surface area (Å²) in [4.78, 5) is 0. The molecular formula is C17H28O5. The van der Waals surface area contributed by atoms with Gasteiger partial charge in [-0.05, 0) is 20.8 Å². The van der Waals surface area contributed by atoms with E-state index < -0.39 is 24.6 Å². The minimum absolute atomic E-state index is 0.334. The van der Waals surface area contributed by atoms with E-state index >= 15 is 0 Å². The summed E-state index contributed by atoms with van der Waals surface area (Å²) in [6, 6.07) is 0. The Bertz CT molecular complexity index is 421. The summed E-state index contributed by atoms with van der Waals surface area (Å²) in [7, 11) is 0. The van der Waals surface area contributed by atoms with Crippen molar-refractivity contribution < 1.29 is 24.8 Å². The zero-order chi connectivity index (χ0) is 16.7. The molecule has 3 N–H and O–H groups in total. The van der Waals surface area contributed by atoms with Crippen LogP contribution in [0.3, 0.4) is 0 Å². The summed E-state index contributed by atoms with van der Waals surface area (Å²) in [5.74, 6) is -0.368. The molecule has 0 aliphatic carbocycles. The van der Waals surface area contributed by atoms with Gasteiger partial charge in [-0.15, -0.1) is 0 Å². The van der Waals surface area contributed by atoms with Gasteiger partial charge in [0.15, 0.2) is 6.29 Å². The lowest BCUT2D eigenvalue weighted by Crippen LogP contribution is -2.55. The third-order valence-electron chi connectivity index (χ3n) is 3.64. The van der Waals surface area contributed by atoms with Gasteiger partial charge in [0.1, 0.15) is 12.2 Å². The molecule has 5 heteroatoms. The van der Waals surface area contributed by atoms with Gasteiger partial charge in [0.2, 0.25) is 0 Å². The predicted molar refractivity (Wildman–Crippen MR) is 85.2 cm³/mol. The number of hydrogen-bond donors (Lipinski definition) is 3. The molecule has 0 spiro atoms. The number of aliphatic hydroxyl groups is 3. The first kappa shape index (κ1) is 19.1. The molecule has 0 aromatic carbocycles. The molecule has 5 atom stereocenters. The quantitative estimate of drug-likeness (QED) is 0.649. The van der Waals surface area contributed by atoms with Gasteiger partial charge in [0.05, 0.1) is 19.3 Å². The van der Waals surface area contributed by atoms with Gasteiger partial charge in [-0.2, -0.15) is 0 Å². The second-order valence-corrected chi connectivity index (χ2v) is 5.95. The smallest absolute Gasteiger partial charge is 0.163 e. The van der Waals surface area contributed by atoms with Crippen LogP contribution in [0.5, 0.6) is 0 Å². The Labute approximate surface area is 132 Å². The van der Waals surface area contributed by atoms with Gasteiger partial charge in [-0.3, -0.25) is 0 Å². The number of ether oxygens (including phenoxy) is 2. The van der Waals surface area contributed by atoms with E-state index in [1.54, 1.807) is 6.92 Å². The van der Waals surface area contributed by atoms with Crippen LogP contribution >= 0.6 is 0 Å². The maximum absolute atomic E-state index is 9.94. The van der Waals surface area contributed by atoms with Crippen LogP contribution in [0.2, 0.25) is 0 Å². The molecule has 22 heavy (non-hydrogen) atoms. The van der Waals surface area contributed by atoms with Crippen LogP contribution in [0.25, 0.3) is 0 Å². The fourth-order valence-corrected chi connectivity index (χ4v) is 2.15. The fourth-order valence-electron chi connectivity index (χ4n) is 2.15. The van der Waals surface area contributed by atoms with Gasteiger partial charge in [0.25, 0.3) is 0 Å². The number of hydrogen-bond acceptors (Lipinski definition) is 5. The van der Waals surface area contributed by atoms with Crippen LogP contribution < -0.4 is 0 Å². The molecule has 1 aliphatic rings. The lowest BCUT2D eigenvalue weighted by atomic mass is 9.92. The predicted octanol–water partition coefficient (Wildman–Crippen LogP) is 1.55. The van der Waals surface area contributed by atoms with Crippen LogP contribution in [0.4, 0.5) is 0 Å². The van der Waals surface area contributed by atoms with Crippen molar-refractivity contribution in [2.75, 3.05) is 13.2 Å². The third kappa shape index (κ3) is 5.66. The molecule has 0 aromatic rings. The van der Waals surface area contributed by atoms with Gasteiger partial charge in [-0.25, -0.2) is 0 Å². The van der Waals surface area contributed by atoms with Crippen LogP contribution in [0.1, 0.15) is 27.7 Å². The maximum atomic E-state index is 9.94. The topological polar surface area (TPSA) is 79.2 Å². The molecule has 0 radical (unpaired) electrons. The monoisotopic (exact) mass is 312 g/mol. The zero-order valence-electron chi connectivity index (χ0n) is 13.8. The van der Waals surface area contributed by atoms with Crippen molar-refractivity contribution in [3.63, 3.8) is 0 Å². The molecule has 1 saturated heterocycles. The van der Waals surface area contributed by atoms with E-state index in [1.807, 2.05) is 45.1 Å². The highest BCUT2D eigenvalue weighted by Gasteiger charge is 2.42. The highest BCUT2D eigenvalue weighted by Crippen LogP contribution is 2.26. The highest BCUT2D eigenvalue weighted by atomic mass is 16.7. The SMILES string of the molecule is CC(C)=C/C=C/C(C)=C/COC1O[C@H](CO)[C@@H](O)[C@H](O)[C@H]1C. The van der Waals surface area contributed by atoms with Crippen molar-refractivity contribution >= 4 is 0 Å². The molecule has 126 valence electrons. The summed E-state index contributed by atoms with van der Waals surface area (Å²) in [5, 5.41) is 28.9. The Kier molecular flexibility index (Phi) is 8.00. The molecule has 0 aromatic heterocycles. The number of aliphatic hydroxyl groups excluding tert-OH is 3. The summed E-state index contributed by atoms with van der Waals surface area (Å²) in [6.45, 7) is 7.76. The van der Waals surface area contributed by atoms with E-state index in [0.29, 0.717) is 6.61 Å². The van der Waals surface area contributed by atoms with Crippen molar-refractivity contribution in [1.82, 2.24) is 0 Å². The highest BCUT2D eigenvalue weighted by molar-refractivity contribution is 5.21. The number of allylic oxidation sites excluding steroid dienone is 5. The lowest BCUT2D eigenvalue weighted by Gasteiger charge is -2.40. The number of rotatable bonds is 6. The molecule has 0 amide bonds. The van der Waals surface area contributed by atoms with Crippen molar-refractivity contribution in [1.29, 1.82) is 0 Å². The second-order valence-electron chi connectivity index (χ2n) is 5.95. The lowest BCUT2D eigenvalue weighted by molar-refractivity contribution is -0.279. The van der Waals surface area contributed by atoms with E-state index in [9.17, 15) is 10.2 Å². The Morgan fingerprint density at radius 3 is 2.45 bits per heavy atom. The standard InChI is InChI=1S/C17H28O5/c1-11(2)6-5-7-12(3)8-9-21-17-13(4)15(19)16(20)14(10-18)22-17/h5-8,13-20H,9-10H2,1-4H3/b7-5+,12-8+/t13-,14-,15-,16-,17?/m1/s1. The average molecular weight is 312 g/mol. The molecule has 0 saturated carbocycles. The molecule has 1 rings (SSSR count). The van der Waals surface area contributed by atoms with Crippen LogP contribution in [0, 0.1) is 5.92 Å². The first-order chi connectivity index (χ1) is 10.4. The minimum atomic E-state index is -1.09. The second kappa shape index (κ2) is 9.22. The van der Waals surface area contributed by atoms with Gasteiger partial charge in [0, 0.05) is 5.92 Å². The molecule has 1 aliphatic heterocycles. The molecule has 1 heterocycles. The Morgan fingerprint density at radius 1 is 1.18 bits per heavy atom. The van der Waals surface area contributed by atoms with Crippen LogP contribution in [-0.2, 0) is 9.47 Å². The molecule has 1 fully saturated rings. The molecule has 1 unspecified atom stereocenters. The Balaban J connectivity index is 2.52. The van der Waals surface area contributed by atoms with Crippen molar-refractivity contribution in [3.05, 3.63) is 35.5 Å². The van der Waals surface area contributed by atoms with Crippen LogP contribution in [0.15, 0.2) is 35.5 Å². The normalized spacial score (nSPS) is 33.2. The zero-order valence-corrected chi connectivity index (χ0v) is 13.8. The van der Waals surface area contributed by atoms with Crippen molar-refractivity contribution in [2.45, 2.75) is 52.3 Å². The Hall–Kier alpha value is -0.980. The van der Waals surface area contributed by atoms with Gasteiger partial charge >= 0.3 is 0 Å². The van der Waals surface area contributed by atoms with E-state index in [2.05, 4.69) is 0 Å². The fraction of sp³-hybridized carbons (Fsp3) is 0.647. The Morgan fingerprint density at radius 2 is 1.86 bits per heavy atom. The molecular weight excluding hydrogens is 284 g/mol. The largest absolute Gasteiger partial charge is 0.394 e. The average Bonchev–Trinajstić information content (AvgIpc) is 2.47. The van der Waals surface area contributed by atoms with Gasteiger partial charge < -0.3 is 24.8 Å². The van der Waals surface area contributed by atoms with Gasteiger partial charge in [-0.1, -0.05) is 42.4 Å². The van der Waals surface area contributed by atoms with Crippen LogP contribution in [-0.4, -0.2) is 53.1 Å². The summed E-state index contributed by atoms with van der Waals surface area (Å²) < 4.78 is 11.1. The summed E-state index contributed by atoms with van der Waals surface area (Å²) >= 11 is 0. The summed E-state index contributed by atoms with van der Waals surface area (Å²) in [6.07, 6.45) is 4.35.